The van der Waals surface area contributed by atoms with Crippen LogP contribution in [-0.2, 0) is 9.53 Å². The van der Waals surface area contributed by atoms with Crippen LogP contribution in [0.3, 0.4) is 0 Å². The van der Waals surface area contributed by atoms with Gasteiger partial charge in [-0.1, -0.05) is 12.8 Å². The molecule has 18 heavy (non-hydrogen) atoms. The molecular formula is C14H14N2O2. The quantitative estimate of drug-likeness (QED) is 0.591. The highest BCUT2D eigenvalue weighted by Gasteiger charge is 2.30. The molecule has 1 saturated carbocycles. The summed E-state index contributed by atoms with van der Waals surface area (Å²) in [6.45, 7) is 0. The first-order valence-corrected chi connectivity index (χ1v) is 6.25. The Morgan fingerprint density at radius 1 is 1.22 bits per heavy atom. The van der Waals surface area contributed by atoms with Crippen molar-refractivity contribution in [3.05, 3.63) is 35.8 Å². The van der Waals surface area contributed by atoms with Gasteiger partial charge in [-0.3, -0.25) is 4.98 Å². The van der Waals surface area contributed by atoms with Crippen LogP contribution in [0.1, 0.15) is 31.2 Å². The number of hydrogen-bond donors (Lipinski definition) is 0. The fraction of sp³-hybridized carbons (Fsp3) is 0.357. The molecule has 2 aliphatic rings. The first-order chi connectivity index (χ1) is 8.83. The number of aliphatic imine (C=N–C) groups is 1. The number of esters is 1. The first-order valence-electron chi connectivity index (χ1n) is 6.25. The zero-order valence-corrected chi connectivity index (χ0v) is 10.0. The van der Waals surface area contributed by atoms with Gasteiger partial charge in [-0.25, -0.2) is 9.79 Å². The lowest BCUT2D eigenvalue weighted by Crippen LogP contribution is -2.12. The van der Waals surface area contributed by atoms with Crippen LogP contribution in [0.2, 0.25) is 0 Å². The van der Waals surface area contributed by atoms with Crippen molar-refractivity contribution in [1.82, 2.24) is 4.98 Å². The summed E-state index contributed by atoms with van der Waals surface area (Å²) in [7, 11) is 0. The fourth-order valence-electron chi connectivity index (χ4n) is 2.39. The Kier molecular flexibility index (Phi) is 2.92. The van der Waals surface area contributed by atoms with Gasteiger partial charge in [-0.15, -0.1) is 0 Å². The Morgan fingerprint density at radius 3 is 2.67 bits per heavy atom. The SMILES string of the molecule is O=C1OC(C2CCCC2)=N/C1=C/c1ccncc1. The number of ether oxygens (including phenoxy) is 1. The molecule has 0 aromatic carbocycles. The fourth-order valence-corrected chi connectivity index (χ4v) is 2.39. The summed E-state index contributed by atoms with van der Waals surface area (Å²) in [6, 6.07) is 3.67. The van der Waals surface area contributed by atoms with Crippen molar-refractivity contribution in [1.29, 1.82) is 0 Å². The molecule has 0 bridgehead atoms. The molecule has 1 aliphatic heterocycles. The molecular weight excluding hydrogens is 228 g/mol. The van der Waals surface area contributed by atoms with Gasteiger partial charge in [-0.2, -0.15) is 0 Å². The summed E-state index contributed by atoms with van der Waals surface area (Å²) in [5, 5.41) is 0. The van der Waals surface area contributed by atoms with Crippen molar-refractivity contribution in [3.63, 3.8) is 0 Å². The zero-order valence-electron chi connectivity index (χ0n) is 10.0. The average molecular weight is 242 g/mol. The molecule has 1 fully saturated rings. The predicted octanol–water partition coefficient (Wildman–Crippen LogP) is 2.57. The lowest BCUT2D eigenvalue weighted by Gasteiger charge is -2.05. The van der Waals surface area contributed by atoms with Crippen LogP contribution in [-0.4, -0.2) is 16.9 Å². The third-order valence-electron chi connectivity index (χ3n) is 3.35. The minimum Gasteiger partial charge on any atom is -0.406 e. The third kappa shape index (κ3) is 2.18. The summed E-state index contributed by atoms with van der Waals surface area (Å²) < 4.78 is 5.26. The van der Waals surface area contributed by atoms with E-state index in [-0.39, 0.29) is 5.97 Å². The summed E-state index contributed by atoms with van der Waals surface area (Å²) in [6.07, 6.45) is 9.67. The summed E-state index contributed by atoms with van der Waals surface area (Å²) in [5.74, 6) is 0.601. The number of nitrogens with zero attached hydrogens (tertiary/aromatic N) is 2. The van der Waals surface area contributed by atoms with Crippen molar-refractivity contribution in [2.45, 2.75) is 25.7 Å². The lowest BCUT2D eigenvalue weighted by molar-refractivity contribution is -0.130. The first kappa shape index (κ1) is 11.1. The number of cyclic esters (lactones) is 1. The lowest BCUT2D eigenvalue weighted by atomic mass is 10.1. The molecule has 1 aliphatic carbocycles. The van der Waals surface area contributed by atoms with Gasteiger partial charge >= 0.3 is 5.97 Å². The van der Waals surface area contributed by atoms with Crippen molar-refractivity contribution in [3.8, 4) is 0 Å². The van der Waals surface area contributed by atoms with Gasteiger partial charge in [0.15, 0.2) is 5.70 Å². The van der Waals surface area contributed by atoms with Gasteiger partial charge in [0.2, 0.25) is 5.90 Å². The molecule has 4 heteroatoms. The number of pyridine rings is 1. The molecule has 2 heterocycles. The highest BCUT2D eigenvalue weighted by atomic mass is 16.6. The number of carbonyl (C=O) groups is 1. The minimum atomic E-state index is -0.339. The van der Waals surface area contributed by atoms with Crippen molar-refractivity contribution >= 4 is 17.9 Å². The van der Waals surface area contributed by atoms with Gasteiger partial charge in [0.05, 0.1) is 0 Å². The largest absolute Gasteiger partial charge is 0.406 e. The predicted molar refractivity (Wildman–Crippen MR) is 67.7 cm³/mol. The van der Waals surface area contributed by atoms with E-state index in [1.54, 1.807) is 18.5 Å². The van der Waals surface area contributed by atoms with Gasteiger partial charge in [-0.05, 0) is 36.6 Å². The number of hydrogen-bond acceptors (Lipinski definition) is 4. The van der Waals surface area contributed by atoms with E-state index in [0.717, 1.165) is 18.4 Å². The van der Waals surface area contributed by atoms with Crippen LogP contribution in [0.15, 0.2) is 35.2 Å². The van der Waals surface area contributed by atoms with E-state index in [0.29, 0.717) is 17.5 Å². The molecule has 0 amide bonds. The Morgan fingerprint density at radius 2 is 1.94 bits per heavy atom. The van der Waals surface area contributed by atoms with Gasteiger partial charge < -0.3 is 4.74 Å². The van der Waals surface area contributed by atoms with Crippen LogP contribution in [0.25, 0.3) is 6.08 Å². The van der Waals surface area contributed by atoms with E-state index in [9.17, 15) is 4.79 Å². The van der Waals surface area contributed by atoms with Crippen LogP contribution < -0.4 is 0 Å². The summed E-state index contributed by atoms with van der Waals surface area (Å²) in [4.78, 5) is 20.0. The van der Waals surface area contributed by atoms with Crippen molar-refractivity contribution in [2.75, 3.05) is 0 Å². The van der Waals surface area contributed by atoms with Crippen LogP contribution in [0, 0.1) is 5.92 Å². The molecule has 1 aromatic heterocycles. The average Bonchev–Trinajstić information content (AvgIpc) is 3.01. The van der Waals surface area contributed by atoms with Gasteiger partial charge in [0.25, 0.3) is 0 Å². The van der Waals surface area contributed by atoms with E-state index < -0.39 is 0 Å². The maximum Gasteiger partial charge on any atom is 0.363 e. The van der Waals surface area contributed by atoms with Gasteiger partial charge in [0.1, 0.15) is 0 Å². The molecule has 0 atom stereocenters. The minimum absolute atomic E-state index is 0.331. The normalized spacial score (nSPS) is 22.3. The Labute approximate surface area is 105 Å². The Hall–Kier alpha value is -1.97. The van der Waals surface area contributed by atoms with Crippen LogP contribution >= 0.6 is 0 Å². The van der Waals surface area contributed by atoms with E-state index in [1.807, 2.05) is 12.1 Å². The third-order valence-corrected chi connectivity index (χ3v) is 3.35. The molecule has 0 unspecified atom stereocenters. The zero-order chi connectivity index (χ0) is 12.4. The second kappa shape index (κ2) is 4.72. The second-order valence-corrected chi connectivity index (χ2v) is 4.63. The topological polar surface area (TPSA) is 51.5 Å². The van der Waals surface area contributed by atoms with E-state index >= 15 is 0 Å². The second-order valence-electron chi connectivity index (χ2n) is 4.63. The molecule has 3 rings (SSSR count). The summed E-state index contributed by atoms with van der Waals surface area (Å²) >= 11 is 0. The van der Waals surface area contributed by atoms with E-state index in [4.69, 9.17) is 4.74 Å². The maximum atomic E-state index is 11.7. The molecule has 0 saturated heterocycles. The van der Waals surface area contributed by atoms with E-state index in [1.165, 1.54) is 12.8 Å². The van der Waals surface area contributed by atoms with Crippen LogP contribution in [0.4, 0.5) is 0 Å². The van der Waals surface area contributed by atoms with Crippen molar-refractivity contribution in [2.24, 2.45) is 10.9 Å². The highest BCUT2D eigenvalue weighted by molar-refractivity contribution is 6.07. The number of aromatic nitrogens is 1. The maximum absolute atomic E-state index is 11.7. The molecule has 92 valence electrons. The smallest absolute Gasteiger partial charge is 0.363 e. The molecule has 1 aromatic rings. The summed E-state index contributed by atoms with van der Waals surface area (Å²) in [5.41, 5.74) is 1.30. The number of rotatable bonds is 2. The number of carbonyl (C=O) groups excluding carboxylic acids is 1. The molecule has 4 nitrogen and oxygen atoms in total. The van der Waals surface area contributed by atoms with Crippen LogP contribution in [0.5, 0.6) is 0 Å². The van der Waals surface area contributed by atoms with Crippen molar-refractivity contribution < 1.29 is 9.53 Å². The molecule has 0 N–H and O–H groups in total. The highest BCUT2D eigenvalue weighted by Crippen LogP contribution is 2.30. The molecule has 0 radical (unpaired) electrons. The van der Waals surface area contributed by atoms with Gasteiger partial charge in [0, 0.05) is 18.3 Å². The molecule has 0 spiro atoms. The Balaban J connectivity index is 1.84. The Bertz CT molecular complexity index is 514. The monoisotopic (exact) mass is 242 g/mol. The van der Waals surface area contributed by atoms with E-state index in [2.05, 4.69) is 9.98 Å². The standard InChI is InChI=1S/C14H14N2O2/c17-14-12(9-10-5-7-15-8-6-10)16-13(18-14)11-3-1-2-4-11/h5-9,11H,1-4H2/b12-9+.